The summed E-state index contributed by atoms with van der Waals surface area (Å²) in [5.74, 6) is -1.79. The van der Waals surface area contributed by atoms with E-state index >= 15 is 0 Å². The number of benzene rings is 2. The molecular weight excluding hydrogens is 477 g/mol. The summed E-state index contributed by atoms with van der Waals surface area (Å²) in [7, 11) is 0. The van der Waals surface area contributed by atoms with E-state index in [0.29, 0.717) is 36.6 Å². The molecule has 1 aromatic heterocycles. The molecule has 1 aliphatic rings. The van der Waals surface area contributed by atoms with E-state index in [0.717, 1.165) is 11.6 Å². The average Bonchev–Trinajstić information content (AvgIpc) is 3.50. The van der Waals surface area contributed by atoms with Crippen LogP contribution in [-0.4, -0.2) is 50.3 Å². The van der Waals surface area contributed by atoms with Crippen molar-refractivity contribution in [1.29, 1.82) is 0 Å². The SMILES string of the molecule is Cc1cc(-n2ccc(NC(=O)[C@H]3CCCN3C(=O)Nc3ccc(C(C)C)c(C)c3)n2)c(F)cc1C(=O)O. The topological polar surface area (TPSA) is 117 Å². The van der Waals surface area contributed by atoms with Crippen LogP contribution < -0.4 is 10.6 Å². The molecule has 1 saturated heterocycles. The van der Waals surface area contributed by atoms with Crippen LogP contribution in [0.15, 0.2) is 42.6 Å². The molecule has 0 unspecified atom stereocenters. The third-order valence-corrected chi connectivity index (χ3v) is 6.57. The van der Waals surface area contributed by atoms with Gasteiger partial charge in [-0.25, -0.2) is 18.7 Å². The van der Waals surface area contributed by atoms with Gasteiger partial charge in [-0.15, -0.1) is 5.10 Å². The van der Waals surface area contributed by atoms with Crippen molar-refractivity contribution in [2.75, 3.05) is 17.2 Å². The third-order valence-electron chi connectivity index (χ3n) is 6.57. The highest BCUT2D eigenvalue weighted by atomic mass is 19.1. The molecule has 37 heavy (non-hydrogen) atoms. The fraction of sp³-hybridized carbons (Fsp3) is 0.333. The zero-order chi connectivity index (χ0) is 26.9. The van der Waals surface area contributed by atoms with Crippen LogP contribution in [-0.2, 0) is 4.79 Å². The fourth-order valence-electron chi connectivity index (χ4n) is 4.69. The first kappa shape index (κ1) is 25.9. The van der Waals surface area contributed by atoms with Crippen LogP contribution in [0.4, 0.5) is 20.7 Å². The van der Waals surface area contributed by atoms with Crippen LogP contribution >= 0.6 is 0 Å². The van der Waals surface area contributed by atoms with E-state index in [1.807, 2.05) is 25.1 Å². The Balaban J connectivity index is 1.44. The number of amides is 3. The molecule has 0 bridgehead atoms. The highest BCUT2D eigenvalue weighted by molar-refractivity contribution is 5.99. The summed E-state index contributed by atoms with van der Waals surface area (Å²) in [5, 5.41) is 19.0. The lowest BCUT2D eigenvalue weighted by Gasteiger charge is -2.24. The highest BCUT2D eigenvalue weighted by Gasteiger charge is 2.34. The van der Waals surface area contributed by atoms with Gasteiger partial charge in [-0.05, 0) is 73.6 Å². The zero-order valence-corrected chi connectivity index (χ0v) is 21.2. The second kappa shape index (κ2) is 10.4. The van der Waals surface area contributed by atoms with Gasteiger partial charge in [-0.1, -0.05) is 19.9 Å². The van der Waals surface area contributed by atoms with E-state index in [4.69, 9.17) is 0 Å². The number of rotatable bonds is 6. The lowest BCUT2D eigenvalue weighted by Crippen LogP contribution is -2.45. The van der Waals surface area contributed by atoms with Crippen molar-refractivity contribution >= 4 is 29.4 Å². The first-order valence-corrected chi connectivity index (χ1v) is 12.1. The van der Waals surface area contributed by atoms with E-state index in [1.54, 1.807) is 6.92 Å². The number of aromatic nitrogens is 2. The van der Waals surface area contributed by atoms with Gasteiger partial charge in [0.25, 0.3) is 0 Å². The smallest absolute Gasteiger partial charge is 0.336 e. The Labute approximate surface area is 214 Å². The number of carbonyl (C=O) groups excluding carboxylic acids is 2. The lowest BCUT2D eigenvalue weighted by molar-refractivity contribution is -0.119. The van der Waals surface area contributed by atoms with Crippen molar-refractivity contribution in [2.24, 2.45) is 0 Å². The number of urea groups is 1. The number of hydrogen-bond donors (Lipinski definition) is 3. The number of anilines is 2. The first-order chi connectivity index (χ1) is 17.5. The van der Waals surface area contributed by atoms with Gasteiger partial charge in [0.1, 0.15) is 17.5 Å². The number of aromatic carboxylic acids is 1. The van der Waals surface area contributed by atoms with Crippen LogP contribution in [0.25, 0.3) is 5.69 Å². The predicted molar refractivity (Wildman–Crippen MR) is 138 cm³/mol. The minimum absolute atomic E-state index is 0.0589. The molecule has 10 heteroatoms. The number of carboxylic acid groups (broad SMARTS) is 1. The van der Waals surface area contributed by atoms with Gasteiger partial charge < -0.3 is 20.6 Å². The molecule has 1 atom stereocenters. The number of aryl methyl sites for hydroxylation is 2. The summed E-state index contributed by atoms with van der Waals surface area (Å²) < 4.78 is 15.8. The van der Waals surface area contributed by atoms with Gasteiger partial charge in [-0.3, -0.25) is 4.79 Å². The molecule has 0 radical (unpaired) electrons. The Hall–Kier alpha value is -4.21. The molecule has 0 aliphatic carbocycles. The van der Waals surface area contributed by atoms with E-state index in [-0.39, 0.29) is 29.0 Å². The van der Waals surface area contributed by atoms with Gasteiger partial charge in [0.2, 0.25) is 5.91 Å². The molecule has 1 fully saturated rings. The lowest BCUT2D eigenvalue weighted by atomic mass is 9.98. The normalized spacial score (nSPS) is 15.2. The standard InChI is InChI=1S/C27H30FN5O4/c1-15(2)19-8-7-18(12-16(19)3)29-27(37)32-10-5-6-22(32)25(34)30-24-9-11-33(31-24)23-13-17(4)20(26(35)36)14-21(23)28/h7-9,11-15,22H,5-6,10H2,1-4H3,(H,29,37)(H,35,36)(H,30,31,34)/t22-/m1/s1. The molecule has 3 aromatic rings. The fourth-order valence-corrected chi connectivity index (χ4v) is 4.69. The van der Waals surface area contributed by atoms with Gasteiger partial charge in [0, 0.05) is 24.5 Å². The van der Waals surface area contributed by atoms with E-state index < -0.39 is 17.8 Å². The first-order valence-electron chi connectivity index (χ1n) is 12.1. The third kappa shape index (κ3) is 5.47. The molecule has 3 N–H and O–H groups in total. The second-order valence-electron chi connectivity index (χ2n) is 9.57. The summed E-state index contributed by atoms with van der Waals surface area (Å²) >= 11 is 0. The number of carbonyl (C=O) groups is 3. The van der Waals surface area contributed by atoms with Crippen LogP contribution in [0.2, 0.25) is 0 Å². The number of hydrogen-bond acceptors (Lipinski definition) is 4. The molecule has 0 spiro atoms. The Morgan fingerprint density at radius 1 is 1.08 bits per heavy atom. The van der Waals surface area contributed by atoms with E-state index in [1.165, 1.54) is 33.5 Å². The predicted octanol–water partition coefficient (Wildman–Crippen LogP) is 5.08. The summed E-state index contributed by atoms with van der Waals surface area (Å²) in [4.78, 5) is 38.7. The van der Waals surface area contributed by atoms with Crippen molar-refractivity contribution in [3.05, 3.63) is 70.7 Å². The quantitative estimate of drug-likeness (QED) is 0.430. The number of carboxylic acids is 1. The van der Waals surface area contributed by atoms with Crippen LogP contribution in [0, 0.1) is 19.7 Å². The van der Waals surface area contributed by atoms with Crippen molar-refractivity contribution in [3.8, 4) is 5.69 Å². The Morgan fingerprint density at radius 2 is 1.84 bits per heavy atom. The average molecular weight is 508 g/mol. The molecular formula is C27H30FN5O4. The number of likely N-dealkylation sites (tertiary alicyclic amines) is 1. The van der Waals surface area contributed by atoms with Crippen molar-refractivity contribution < 1.29 is 23.9 Å². The van der Waals surface area contributed by atoms with E-state index in [9.17, 15) is 23.9 Å². The number of nitrogens with one attached hydrogen (secondary N) is 2. The molecule has 0 saturated carbocycles. The number of halogens is 1. The highest BCUT2D eigenvalue weighted by Crippen LogP contribution is 2.25. The summed E-state index contributed by atoms with van der Waals surface area (Å²) in [6.07, 6.45) is 2.66. The van der Waals surface area contributed by atoms with E-state index in [2.05, 4.69) is 29.6 Å². The van der Waals surface area contributed by atoms with Crippen molar-refractivity contribution in [1.82, 2.24) is 14.7 Å². The van der Waals surface area contributed by atoms with Crippen LogP contribution in [0.1, 0.15) is 59.7 Å². The van der Waals surface area contributed by atoms with Crippen molar-refractivity contribution in [3.63, 3.8) is 0 Å². The van der Waals surface area contributed by atoms with Crippen LogP contribution in [0.3, 0.4) is 0 Å². The van der Waals surface area contributed by atoms with Crippen molar-refractivity contribution in [2.45, 2.75) is 52.5 Å². The Kier molecular flexibility index (Phi) is 7.28. The molecule has 3 amide bonds. The molecule has 4 rings (SSSR count). The van der Waals surface area contributed by atoms with Gasteiger partial charge in [-0.2, -0.15) is 0 Å². The number of nitrogens with zero attached hydrogens (tertiary/aromatic N) is 3. The molecule has 2 aromatic carbocycles. The Bertz CT molecular complexity index is 1370. The monoisotopic (exact) mass is 507 g/mol. The molecule has 9 nitrogen and oxygen atoms in total. The van der Waals surface area contributed by atoms with Gasteiger partial charge in [0.15, 0.2) is 5.82 Å². The maximum atomic E-state index is 14.5. The zero-order valence-electron chi connectivity index (χ0n) is 21.2. The minimum Gasteiger partial charge on any atom is -0.478 e. The molecule has 2 heterocycles. The Morgan fingerprint density at radius 3 is 2.51 bits per heavy atom. The minimum atomic E-state index is -1.22. The maximum Gasteiger partial charge on any atom is 0.336 e. The maximum absolute atomic E-state index is 14.5. The van der Waals surface area contributed by atoms with Crippen LogP contribution in [0.5, 0.6) is 0 Å². The largest absolute Gasteiger partial charge is 0.478 e. The summed E-state index contributed by atoms with van der Waals surface area (Å²) in [5.41, 5.74) is 3.28. The second-order valence-corrected chi connectivity index (χ2v) is 9.57. The van der Waals surface area contributed by atoms with Gasteiger partial charge >= 0.3 is 12.0 Å². The summed E-state index contributed by atoms with van der Waals surface area (Å²) in [6.45, 7) is 8.25. The van der Waals surface area contributed by atoms with Gasteiger partial charge in [0.05, 0.1) is 5.56 Å². The summed E-state index contributed by atoms with van der Waals surface area (Å²) in [6, 6.07) is 8.60. The molecule has 1 aliphatic heterocycles. The molecule has 194 valence electrons.